The molecule has 1 aromatic heterocycles. The third-order valence-corrected chi connectivity index (χ3v) is 8.90. The molecule has 0 aliphatic heterocycles. The van der Waals surface area contributed by atoms with Crippen molar-refractivity contribution in [3.8, 4) is 56.4 Å². The highest BCUT2D eigenvalue weighted by atomic mass is 15.0. The predicted molar refractivity (Wildman–Crippen MR) is 166 cm³/mol. The maximum atomic E-state index is 5.04. The Labute approximate surface area is 240 Å². The molecule has 0 radical (unpaired) electrons. The van der Waals surface area contributed by atoms with Crippen LogP contribution in [0.5, 0.6) is 0 Å². The molecule has 2 aliphatic rings. The summed E-state index contributed by atoms with van der Waals surface area (Å²) in [4.78, 5) is 15.0. The first kappa shape index (κ1) is 24.0. The Hall–Kier alpha value is -4.89. The molecule has 3 nitrogen and oxygen atoms in total. The fourth-order valence-corrected chi connectivity index (χ4v) is 7.00. The number of nitrogens with zero attached hydrogens (tertiary/aromatic N) is 3. The van der Waals surface area contributed by atoms with E-state index in [1.807, 2.05) is 36.4 Å². The highest BCUT2D eigenvalue weighted by Crippen LogP contribution is 2.57. The summed E-state index contributed by atoms with van der Waals surface area (Å²) in [7, 11) is 0. The zero-order valence-corrected chi connectivity index (χ0v) is 22.8. The van der Waals surface area contributed by atoms with Crippen LogP contribution in [0.15, 0.2) is 127 Å². The molecule has 5 aromatic carbocycles. The van der Waals surface area contributed by atoms with E-state index < -0.39 is 0 Å². The molecule has 2 aliphatic carbocycles. The Balaban J connectivity index is 1.31. The zero-order chi connectivity index (χ0) is 27.2. The molecule has 1 spiro atoms. The van der Waals surface area contributed by atoms with Gasteiger partial charge in [0.25, 0.3) is 0 Å². The highest BCUT2D eigenvalue weighted by Gasteiger charge is 2.44. The van der Waals surface area contributed by atoms with Crippen LogP contribution in [0.2, 0.25) is 0 Å². The third-order valence-electron chi connectivity index (χ3n) is 8.90. The Bertz CT molecular complexity index is 1830. The van der Waals surface area contributed by atoms with Gasteiger partial charge in [0, 0.05) is 22.1 Å². The molecule has 1 saturated carbocycles. The molecular weight excluding hydrogens is 498 g/mol. The number of rotatable bonds is 4. The molecule has 0 bridgehead atoms. The van der Waals surface area contributed by atoms with Crippen LogP contribution in [0, 0.1) is 0 Å². The van der Waals surface area contributed by atoms with Crippen LogP contribution in [-0.2, 0) is 5.41 Å². The standard InChI is InChI=1S/C38H29N3/c1-3-13-26(14-4-1)35-39-36(27-15-5-2-6-16-27)41-37(40-35)32-19-8-7-17-29(32)28-21-22-31-30-18-9-10-20-33(30)38(34(31)25-28)23-11-12-24-38/h1-10,13-22,25H,11-12,23-24H2. The van der Waals surface area contributed by atoms with Crippen molar-refractivity contribution in [1.82, 2.24) is 15.0 Å². The Morgan fingerprint density at radius 2 is 0.902 bits per heavy atom. The normalized spacial score (nSPS) is 14.6. The number of hydrogen-bond acceptors (Lipinski definition) is 3. The van der Waals surface area contributed by atoms with Gasteiger partial charge >= 0.3 is 0 Å². The highest BCUT2D eigenvalue weighted by molar-refractivity contribution is 5.87. The van der Waals surface area contributed by atoms with Gasteiger partial charge in [-0.05, 0) is 52.3 Å². The lowest BCUT2D eigenvalue weighted by atomic mass is 9.76. The van der Waals surface area contributed by atoms with Crippen molar-refractivity contribution in [3.63, 3.8) is 0 Å². The van der Waals surface area contributed by atoms with E-state index in [0.717, 1.165) is 22.3 Å². The molecule has 0 amide bonds. The first-order valence-corrected chi connectivity index (χ1v) is 14.5. The molecule has 41 heavy (non-hydrogen) atoms. The first-order valence-electron chi connectivity index (χ1n) is 14.5. The molecule has 1 fully saturated rings. The summed E-state index contributed by atoms with van der Waals surface area (Å²) in [6.07, 6.45) is 5.00. The van der Waals surface area contributed by atoms with Gasteiger partial charge < -0.3 is 0 Å². The average molecular weight is 528 g/mol. The summed E-state index contributed by atoms with van der Waals surface area (Å²) in [6.45, 7) is 0. The van der Waals surface area contributed by atoms with E-state index in [4.69, 9.17) is 15.0 Å². The van der Waals surface area contributed by atoms with Gasteiger partial charge in [-0.2, -0.15) is 0 Å². The quantitative estimate of drug-likeness (QED) is 0.229. The SMILES string of the molecule is c1ccc(-c2nc(-c3ccccc3)nc(-c3ccccc3-c3ccc4c(c3)C3(CCCC3)c3ccccc3-4)n2)cc1. The van der Waals surface area contributed by atoms with E-state index in [1.165, 1.54) is 53.5 Å². The average Bonchev–Trinajstić information content (AvgIpc) is 3.66. The molecule has 0 saturated heterocycles. The second-order valence-corrected chi connectivity index (χ2v) is 11.2. The lowest BCUT2D eigenvalue weighted by Gasteiger charge is -2.27. The van der Waals surface area contributed by atoms with Crippen molar-refractivity contribution in [2.45, 2.75) is 31.1 Å². The van der Waals surface area contributed by atoms with Crippen LogP contribution in [0.3, 0.4) is 0 Å². The molecule has 1 heterocycles. The topological polar surface area (TPSA) is 38.7 Å². The van der Waals surface area contributed by atoms with Gasteiger partial charge in [-0.25, -0.2) is 15.0 Å². The Kier molecular flexibility index (Phi) is 5.63. The van der Waals surface area contributed by atoms with Crippen LogP contribution in [0.4, 0.5) is 0 Å². The number of hydrogen-bond donors (Lipinski definition) is 0. The summed E-state index contributed by atoms with van der Waals surface area (Å²) >= 11 is 0. The molecule has 3 heteroatoms. The van der Waals surface area contributed by atoms with E-state index in [2.05, 4.69) is 91.0 Å². The van der Waals surface area contributed by atoms with E-state index in [1.54, 1.807) is 0 Å². The smallest absolute Gasteiger partial charge is 0.164 e. The van der Waals surface area contributed by atoms with Crippen molar-refractivity contribution in [2.24, 2.45) is 0 Å². The van der Waals surface area contributed by atoms with Gasteiger partial charge in [-0.3, -0.25) is 0 Å². The molecule has 0 unspecified atom stereocenters. The van der Waals surface area contributed by atoms with E-state index >= 15 is 0 Å². The van der Waals surface area contributed by atoms with Crippen molar-refractivity contribution >= 4 is 0 Å². The van der Waals surface area contributed by atoms with Gasteiger partial charge in [0.1, 0.15) is 0 Å². The number of fused-ring (bicyclic) bond motifs is 5. The lowest BCUT2D eigenvalue weighted by Crippen LogP contribution is -2.20. The Morgan fingerprint density at radius 1 is 0.390 bits per heavy atom. The van der Waals surface area contributed by atoms with Crippen LogP contribution in [-0.4, -0.2) is 15.0 Å². The van der Waals surface area contributed by atoms with Crippen molar-refractivity contribution in [1.29, 1.82) is 0 Å². The van der Waals surface area contributed by atoms with Gasteiger partial charge in [-0.15, -0.1) is 0 Å². The largest absolute Gasteiger partial charge is 0.208 e. The second-order valence-electron chi connectivity index (χ2n) is 11.2. The van der Waals surface area contributed by atoms with Crippen molar-refractivity contribution in [3.05, 3.63) is 139 Å². The van der Waals surface area contributed by atoms with Gasteiger partial charge in [0.05, 0.1) is 0 Å². The van der Waals surface area contributed by atoms with E-state index in [-0.39, 0.29) is 5.41 Å². The van der Waals surface area contributed by atoms with Gasteiger partial charge in [-0.1, -0.05) is 134 Å². The van der Waals surface area contributed by atoms with Gasteiger partial charge in [0.15, 0.2) is 17.5 Å². The molecule has 6 aromatic rings. The lowest BCUT2D eigenvalue weighted by molar-refractivity contribution is 0.550. The molecule has 196 valence electrons. The van der Waals surface area contributed by atoms with E-state index in [9.17, 15) is 0 Å². The third kappa shape index (κ3) is 3.92. The zero-order valence-electron chi connectivity index (χ0n) is 22.8. The maximum absolute atomic E-state index is 5.04. The van der Waals surface area contributed by atoms with Crippen LogP contribution >= 0.6 is 0 Å². The second kappa shape index (κ2) is 9.64. The number of benzene rings is 5. The monoisotopic (exact) mass is 527 g/mol. The van der Waals surface area contributed by atoms with Crippen LogP contribution in [0.25, 0.3) is 56.4 Å². The minimum absolute atomic E-state index is 0.130. The summed E-state index contributed by atoms with van der Waals surface area (Å²) in [5, 5.41) is 0. The first-order chi connectivity index (χ1) is 20.3. The summed E-state index contributed by atoms with van der Waals surface area (Å²) in [6, 6.07) is 45.0. The minimum Gasteiger partial charge on any atom is -0.208 e. The minimum atomic E-state index is 0.130. The van der Waals surface area contributed by atoms with Crippen molar-refractivity contribution in [2.75, 3.05) is 0 Å². The maximum Gasteiger partial charge on any atom is 0.164 e. The van der Waals surface area contributed by atoms with Crippen LogP contribution < -0.4 is 0 Å². The predicted octanol–water partition coefficient (Wildman–Crippen LogP) is 9.38. The molecular formula is C38H29N3. The number of aromatic nitrogens is 3. The molecule has 0 atom stereocenters. The fourth-order valence-electron chi connectivity index (χ4n) is 7.00. The molecule has 8 rings (SSSR count). The van der Waals surface area contributed by atoms with Gasteiger partial charge in [0.2, 0.25) is 0 Å². The van der Waals surface area contributed by atoms with E-state index in [0.29, 0.717) is 17.5 Å². The summed E-state index contributed by atoms with van der Waals surface area (Å²) in [5.41, 5.74) is 11.2. The van der Waals surface area contributed by atoms with Crippen molar-refractivity contribution < 1.29 is 0 Å². The Morgan fingerprint density at radius 3 is 1.56 bits per heavy atom. The molecule has 0 N–H and O–H groups in total. The van der Waals surface area contributed by atoms with Crippen LogP contribution in [0.1, 0.15) is 36.8 Å². The fraction of sp³-hybridized carbons (Fsp3) is 0.132. The summed E-state index contributed by atoms with van der Waals surface area (Å²) < 4.78 is 0. The summed E-state index contributed by atoms with van der Waals surface area (Å²) in [5.74, 6) is 2.05.